The number of Topliss-reactive ketones (excluding diaryl/α,β-unsaturated/α-hetero) is 1. The van der Waals surface area contributed by atoms with Crippen LogP contribution in [0.25, 0.3) is 0 Å². The normalized spacial score (nSPS) is 11.4. The Morgan fingerprint density at radius 3 is 2.28 bits per heavy atom. The van der Waals surface area contributed by atoms with Crippen LogP contribution in [0.15, 0.2) is 0 Å². The quantitative estimate of drug-likeness (QED) is 0.676. The molecule has 100 valence electrons. The molecule has 1 aromatic heterocycles. The fourth-order valence-electron chi connectivity index (χ4n) is 1.85. The van der Waals surface area contributed by atoms with Gasteiger partial charge in [0.1, 0.15) is 4.88 Å². The fourth-order valence-corrected chi connectivity index (χ4v) is 3.07. The summed E-state index contributed by atoms with van der Waals surface area (Å²) in [6.45, 7) is 9.35. The van der Waals surface area contributed by atoms with E-state index in [0.29, 0.717) is 27.6 Å². The summed E-state index contributed by atoms with van der Waals surface area (Å²) in [6.07, 6.45) is 0. The van der Waals surface area contributed by atoms with Crippen molar-refractivity contribution in [3.05, 3.63) is 16.0 Å². The molecule has 0 aliphatic carbocycles. The van der Waals surface area contributed by atoms with Gasteiger partial charge in [-0.1, -0.05) is 20.8 Å². The summed E-state index contributed by atoms with van der Waals surface area (Å²) >= 11 is 1.13. The summed E-state index contributed by atoms with van der Waals surface area (Å²) in [4.78, 5) is 24.1. The van der Waals surface area contributed by atoms with Gasteiger partial charge in [0.2, 0.25) is 0 Å². The van der Waals surface area contributed by atoms with Gasteiger partial charge in [-0.3, -0.25) is 4.79 Å². The molecular weight excluding hydrogens is 250 g/mol. The van der Waals surface area contributed by atoms with Crippen LogP contribution in [0.4, 0.5) is 5.00 Å². The third-order valence-electron chi connectivity index (χ3n) is 2.50. The lowest BCUT2D eigenvalue weighted by Gasteiger charge is -2.20. The molecule has 2 N–H and O–H groups in total. The second kappa shape index (κ2) is 5.10. The van der Waals surface area contributed by atoms with Gasteiger partial charge in [0, 0.05) is 0 Å². The number of esters is 1. The molecule has 0 amide bonds. The van der Waals surface area contributed by atoms with Crippen LogP contribution in [0, 0.1) is 0 Å². The maximum atomic E-state index is 11.9. The predicted molar refractivity (Wildman–Crippen MR) is 73.4 cm³/mol. The maximum absolute atomic E-state index is 11.9. The number of rotatable bonds is 3. The second-order valence-corrected chi connectivity index (χ2v) is 6.12. The molecule has 18 heavy (non-hydrogen) atoms. The SMILES string of the molecule is CCOC(=O)c1sc(N)c(C(C)=O)c1C(C)(C)C. The van der Waals surface area contributed by atoms with Gasteiger partial charge in [-0.25, -0.2) is 4.79 Å². The lowest BCUT2D eigenvalue weighted by Crippen LogP contribution is -2.19. The molecular formula is C13H19NO3S. The monoisotopic (exact) mass is 269 g/mol. The van der Waals surface area contributed by atoms with Crippen molar-refractivity contribution in [3.8, 4) is 0 Å². The van der Waals surface area contributed by atoms with Gasteiger partial charge in [0.25, 0.3) is 0 Å². The molecule has 0 fully saturated rings. The second-order valence-electron chi connectivity index (χ2n) is 5.07. The van der Waals surface area contributed by atoms with Crippen molar-refractivity contribution < 1.29 is 14.3 Å². The first-order chi connectivity index (χ1) is 8.20. The van der Waals surface area contributed by atoms with Crippen LogP contribution in [-0.4, -0.2) is 18.4 Å². The van der Waals surface area contributed by atoms with Crippen LogP contribution in [0.5, 0.6) is 0 Å². The van der Waals surface area contributed by atoms with E-state index in [9.17, 15) is 9.59 Å². The van der Waals surface area contributed by atoms with Gasteiger partial charge in [0.05, 0.1) is 17.2 Å². The number of thiophene rings is 1. The van der Waals surface area contributed by atoms with Gasteiger partial charge < -0.3 is 10.5 Å². The molecule has 0 aliphatic rings. The van der Waals surface area contributed by atoms with Gasteiger partial charge in [0.15, 0.2) is 5.78 Å². The van der Waals surface area contributed by atoms with E-state index in [4.69, 9.17) is 10.5 Å². The van der Waals surface area contributed by atoms with Gasteiger partial charge in [-0.05, 0) is 24.8 Å². The minimum atomic E-state index is -0.411. The largest absolute Gasteiger partial charge is 0.462 e. The van der Waals surface area contributed by atoms with E-state index in [1.165, 1.54) is 6.92 Å². The van der Waals surface area contributed by atoms with Gasteiger partial charge in [-0.2, -0.15) is 0 Å². The van der Waals surface area contributed by atoms with Crippen molar-refractivity contribution in [2.24, 2.45) is 0 Å². The number of ketones is 1. The number of ether oxygens (including phenoxy) is 1. The van der Waals surface area contributed by atoms with Crippen molar-refractivity contribution >= 4 is 28.1 Å². The van der Waals surface area contributed by atoms with Crippen molar-refractivity contribution in [1.82, 2.24) is 0 Å². The van der Waals surface area contributed by atoms with Crippen LogP contribution in [0.2, 0.25) is 0 Å². The molecule has 1 heterocycles. The molecule has 0 saturated carbocycles. The summed E-state index contributed by atoms with van der Waals surface area (Å²) in [5.74, 6) is -0.532. The third kappa shape index (κ3) is 2.72. The zero-order chi connectivity index (χ0) is 14.1. The minimum Gasteiger partial charge on any atom is -0.462 e. The molecule has 1 rings (SSSR count). The van der Waals surface area contributed by atoms with E-state index in [-0.39, 0.29) is 11.2 Å². The van der Waals surface area contributed by atoms with Gasteiger partial charge >= 0.3 is 5.97 Å². The topological polar surface area (TPSA) is 69.4 Å². The fraction of sp³-hybridized carbons (Fsp3) is 0.538. The molecule has 0 radical (unpaired) electrons. The molecule has 0 atom stereocenters. The molecule has 0 unspecified atom stereocenters. The molecule has 0 spiro atoms. The van der Waals surface area contributed by atoms with Crippen molar-refractivity contribution in [3.63, 3.8) is 0 Å². The highest BCUT2D eigenvalue weighted by Crippen LogP contribution is 2.39. The number of anilines is 1. The summed E-state index contributed by atoms with van der Waals surface area (Å²) in [5, 5.41) is 0.385. The van der Waals surface area contributed by atoms with E-state index in [1.807, 2.05) is 20.8 Å². The third-order valence-corrected chi connectivity index (χ3v) is 3.50. The molecule has 0 aliphatic heterocycles. The Kier molecular flexibility index (Phi) is 4.16. The Balaban J connectivity index is 3.49. The molecule has 0 saturated heterocycles. The first-order valence-corrected chi connectivity index (χ1v) is 6.62. The molecule has 4 nitrogen and oxygen atoms in total. The van der Waals surface area contributed by atoms with Crippen molar-refractivity contribution in [1.29, 1.82) is 0 Å². The van der Waals surface area contributed by atoms with Crippen LogP contribution in [-0.2, 0) is 10.2 Å². The summed E-state index contributed by atoms with van der Waals surface area (Å²) in [5.41, 5.74) is 6.67. The number of hydrogen-bond acceptors (Lipinski definition) is 5. The molecule has 0 bridgehead atoms. The van der Waals surface area contributed by atoms with E-state index < -0.39 is 5.97 Å². The molecule has 1 aromatic rings. The van der Waals surface area contributed by atoms with Crippen LogP contribution < -0.4 is 5.73 Å². The Labute approximate surface area is 111 Å². The molecule has 5 heteroatoms. The standard InChI is InChI=1S/C13H19NO3S/c1-6-17-12(16)10-9(13(3,4)5)8(7(2)15)11(14)18-10/h6,14H2,1-5H3. The van der Waals surface area contributed by atoms with Crippen molar-refractivity contribution in [2.75, 3.05) is 12.3 Å². The zero-order valence-corrected chi connectivity index (χ0v) is 12.2. The van der Waals surface area contributed by atoms with Crippen LogP contribution >= 0.6 is 11.3 Å². The first kappa shape index (κ1) is 14.7. The zero-order valence-electron chi connectivity index (χ0n) is 11.4. The minimum absolute atomic E-state index is 0.121. The highest BCUT2D eigenvalue weighted by atomic mass is 32.1. The average molecular weight is 269 g/mol. The van der Waals surface area contributed by atoms with E-state index in [0.717, 1.165) is 11.3 Å². The van der Waals surface area contributed by atoms with Crippen LogP contribution in [0.1, 0.15) is 60.2 Å². The van der Waals surface area contributed by atoms with Crippen molar-refractivity contribution in [2.45, 2.75) is 40.0 Å². The van der Waals surface area contributed by atoms with E-state index >= 15 is 0 Å². The molecule has 0 aromatic carbocycles. The lowest BCUT2D eigenvalue weighted by molar-refractivity contribution is 0.0529. The number of hydrogen-bond donors (Lipinski definition) is 1. The lowest BCUT2D eigenvalue weighted by atomic mass is 9.83. The Bertz CT molecular complexity index is 483. The summed E-state index contributed by atoms with van der Waals surface area (Å²) in [7, 11) is 0. The maximum Gasteiger partial charge on any atom is 0.348 e. The first-order valence-electron chi connectivity index (χ1n) is 5.81. The number of nitrogens with two attached hydrogens (primary N) is 1. The Morgan fingerprint density at radius 1 is 1.33 bits per heavy atom. The summed E-state index contributed by atoms with van der Waals surface area (Å²) < 4.78 is 5.02. The number of carbonyl (C=O) groups is 2. The smallest absolute Gasteiger partial charge is 0.348 e. The van der Waals surface area contributed by atoms with E-state index in [2.05, 4.69) is 0 Å². The predicted octanol–water partition coefficient (Wildman–Crippen LogP) is 3.01. The number of carbonyl (C=O) groups excluding carboxylic acids is 2. The highest BCUT2D eigenvalue weighted by molar-refractivity contribution is 7.18. The summed E-state index contributed by atoms with van der Waals surface area (Å²) in [6, 6.07) is 0. The Morgan fingerprint density at radius 2 is 1.89 bits per heavy atom. The van der Waals surface area contributed by atoms with Crippen LogP contribution in [0.3, 0.4) is 0 Å². The average Bonchev–Trinajstić information content (AvgIpc) is 2.55. The number of nitrogen functional groups attached to an aromatic ring is 1. The van der Waals surface area contributed by atoms with E-state index in [1.54, 1.807) is 6.92 Å². The Hall–Kier alpha value is -1.36. The van der Waals surface area contributed by atoms with Gasteiger partial charge in [-0.15, -0.1) is 11.3 Å². The highest BCUT2D eigenvalue weighted by Gasteiger charge is 2.32.